The Morgan fingerprint density at radius 3 is 2.50 bits per heavy atom. The number of aryl methyl sites for hydroxylation is 1. The lowest BCUT2D eigenvalue weighted by atomic mass is 10.0. The van der Waals surface area contributed by atoms with Crippen molar-refractivity contribution in [3.8, 4) is 5.75 Å². The Labute approximate surface area is 202 Å². The molecule has 3 aromatic carbocycles. The molecule has 34 heavy (non-hydrogen) atoms. The summed E-state index contributed by atoms with van der Waals surface area (Å²) in [6.07, 6.45) is 0. The number of para-hydroxylation sites is 1. The van der Waals surface area contributed by atoms with Crippen molar-refractivity contribution in [1.82, 2.24) is 14.9 Å². The van der Waals surface area contributed by atoms with Crippen molar-refractivity contribution in [2.24, 2.45) is 0 Å². The predicted molar refractivity (Wildman–Crippen MR) is 134 cm³/mol. The molecule has 5 rings (SSSR count). The van der Waals surface area contributed by atoms with Crippen molar-refractivity contribution < 1.29 is 9.53 Å². The van der Waals surface area contributed by atoms with Gasteiger partial charge in [-0.15, -0.1) is 10.2 Å². The topological polar surface area (TPSA) is 81.1 Å². The Bertz CT molecular complexity index is 1290. The summed E-state index contributed by atoms with van der Waals surface area (Å²) in [4.78, 5) is 13.5. The minimum atomic E-state index is -0.443. The van der Waals surface area contributed by atoms with Gasteiger partial charge >= 0.3 is 0 Å². The van der Waals surface area contributed by atoms with Crippen LogP contribution in [0.15, 0.2) is 84.0 Å². The molecule has 0 radical (unpaired) electrons. The number of carbonyl (C=O) groups excluding carboxylic acids is 1. The maximum absolute atomic E-state index is 13.5. The maximum Gasteiger partial charge on any atom is 0.240 e. The van der Waals surface area contributed by atoms with E-state index < -0.39 is 5.25 Å². The fourth-order valence-electron chi connectivity index (χ4n) is 3.86. The summed E-state index contributed by atoms with van der Waals surface area (Å²) in [5, 5.41) is 11.9. The fourth-order valence-corrected chi connectivity index (χ4v) is 4.96. The summed E-state index contributed by atoms with van der Waals surface area (Å²) in [6.45, 7) is 4.31. The molecule has 7 nitrogen and oxygen atoms in total. The minimum Gasteiger partial charge on any atom is -0.486 e. The van der Waals surface area contributed by atoms with Gasteiger partial charge in [-0.25, -0.2) is 4.68 Å². The number of rotatable bonds is 6. The van der Waals surface area contributed by atoms with Crippen LogP contribution in [-0.4, -0.2) is 26.0 Å². The van der Waals surface area contributed by atoms with E-state index in [1.807, 2.05) is 97.4 Å². The molecule has 1 aliphatic heterocycles. The Balaban J connectivity index is 1.42. The molecule has 2 atom stereocenters. The molecular weight excluding hydrogens is 446 g/mol. The molecule has 0 saturated carbocycles. The Hall–Kier alpha value is -3.78. The Kier molecular flexibility index (Phi) is 6.22. The van der Waals surface area contributed by atoms with Gasteiger partial charge in [-0.1, -0.05) is 72.4 Å². The van der Waals surface area contributed by atoms with Gasteiger partial charge in [-0.05, 0) is 48.7 Å². The van der Waals surface area contributed by atoms with Crippen molar-refractivity contribution >= 4 is 23.4 Å². The van der Waals surface area contributed by atoms with E-state index in [0.29, 0.717) is 11.0 Å². The largest absolute Gasteiger partial charge is 0.486 e. The van der Waals surface area contributed by atoms with Gasteiger partial charge in [0.25, 0.3) is 0 Å². The summed E-state index contributed by atoms with van der Waals surface area (Å²) in [5.41, 5.74) is 7.49. The number of amides is 1. The van der Waals surface area contributed by atoms with Crippen molar-refractivity contribution in [2.45, 2.75) is 36.9 Å². The molecule has 0 bridgehead atoms. The van der Waals surface area contributed by atoms with Crippen molar-refractivity contribution in [2.75, 3.05) is 10.7 Å². The molecule has 4 aromatic rings. The lowest BCUT2D eigenvalue weighted by Crippen LogP contribution is -2.41. The van der Waals surface area contributed by atoms with Crippen LogP contribution in [0.4, 0.5) is 5.69 Å². The van der Waals surface area contributed by atoms with Crippen LogP contribution in [0, 0.1) is 13.8 Å². The zero-order valence-electron chi connectivity index (χ0n) is 18.9. The van der Waals surface area contributed by atoms with Crippen molar-refractivity contribution in [3.05, 3.63) is 101 Å². The number of fused-ring (bicyclic) bond motifs is 1. The predicted octanol–water partition coefficient (Wildman–Crippen LogP) is 4.87. The van der Waals surface area contributed by atoms with Gasteiger partial charge in [-0.2, -0.15) is 0 Å². The first-order chi connectivity index (χ1) is 16.6. The molecule has 0 aliphatic carbocycles. The summed E-state index contributed by atoms with van der Waals surface area (Å²) in [5.74, 6) is 1.31. The van der Waals surface area contributed by atoms with Gasteiger partial charge in [0.2, 0.25) is 11.1 Å². The number of hydrogen-bond acceptors (Lipinski definition) is 6. The van der Waals surface area contributed by atoms with E-state index in [1.165, 1.54) is 11.8 Å². The van der Waals surface area contributed by atoms with E-state index in [4.69, 9.17) is 4.74 Å². The second-order valence-electron chi connectivity index (χ2n) is 8.13. The second-order valence-corrected chi connectivity index (χ2v) is 9.24. The SMILES string of the molecule is Cc1cccc(NC(=O)[C@@H]2Sc3nnc(COc4ccccc4)n3N[C@@H]2c2ccccc2)c1C. The number of nitrogens with zero attached hydrogens (tertiary/aromatic N) is 3. The third-order valence-corrected chi connectivity index (χ3v) is 7.11. The highest BCUT2D eigenvalue weighted by Gasteiger charge is 2.38. The van der Waals surface area contributed by atoms with E-state index >= 15 is 0 Å². The molecular formula is C26H25N5O2S. The number of hydrogen-bond donors (Lipinski definition) is 2. The van der Waals surface area contributed by atoms with Gasteiger partial charge in [0.05, 0.1) is 6.04 Å². The number of ether oxygens (including phenoxy) is 1. The first-order valence-electron chi connectivity index (χ1n) is 11.1. The zero-order valence-corrected chi connectivity index (χ0v) is 19.8. The second kappa shape index (κ2) is 9.61. The van der Waals surface area contributed by atoms with Crippen LogP contribution in [0.5, 0.6) is 5.75 Å². The maximum atomic E-state index is 13.5. The minimum absolute atomic E-state index is 0.0867. The number of anilines is 1. The molecule has 1 aliphatic rings. The molecule has 1 amide bonds. The Morgan fingerprint density at radius 2 is 1.74 bits per heavy atom. The molecule has 172 valence electrons. The average molecular weight is 472 g/mol. The third-order valence-electron chi connectivity index (χ3n) is 5.89. The van der Waals surface area contributed by atoms with Crippen LogP contribution < -0.4 is 15.5 Å². The fraction of sp³-hybridized carbons (Fsp3) is 0.192. The standard InChI is InChI=1S/C26H25N5O2S/c1-17-10-9-15-21(18(17)2)27-25(32)24-23(19-11-5-3-6-12-19)30-31-22(28-29-26(31)34-24)16-33-20-13-7-4-8-14-20/h3-15,23-24,30H,16H2,1-2H3,(H,27,32)/t23-,24-/m1/s1. The van der Waals surface area contributed by atoms with Gasteiger partial charge in [-0.3, -0.25) is 4.79 Å². The number of carbonyl (C=O) groups is 1. The van der Waals surface area contributed by atoms with Gasteiger partial charge in [0, 0.05) is 5.69 Å². The van der Waals surface area contributed by atoms with E-state index in [2.05, 4.69) is 20.9 Å². The smallest absolute Gasteiger partial charge is 0.240 e. The summed E-state index contributed by atoms with van der Waals surface area (Å²) < 4.78 is 7.71. The first-order valence-corrected chi connectivity index (χ1v) is 12.0. The highest BCUT2D eigenvalue weighted by Crippen LogP contribution is 2.38. The van der Waals surface area contributed by atoms with Crippen LogP contribution in [0.1, 0.15) is 28.6 Å². The monoisotopic (exact) mass is 471 g/mol. The van der Waals surface area contributed by atoms with Crippen molar-refractivity contribution in [1.29, 1.82) is 0 Å². The number of thioether (sulfide) groups is 1. The van der Waals surface area contributed by atoms with Gasteiger partial charge in [0.1, 0.15) is 17.6 Å². The van der Waals surface area contributed by atoms with E-state index in [-0.39, 0.29) is 18.6 Å². The highest BCUT2D eigenvalue weighted by atomic mass is 32.2. The molecule has 0 unspecified atom stereocenters. The van der Waals surface area contributed by atoms with Gasteiger partial charge in [0.15, 0.2) is 5.82 Å². The Morgan fingerprint density at radius 1 is 1.00 bits per heavy atom. The van der Waals surface area contributed by atoms with Crippen LogP contribution in [0.3, 0.4) is 0 Å². The summed E-state index contributed by atoms with van der Waals surface area (Å²) in [6, 6.07) is 25.2. The lowest BCUT2D eigenvalue weighted by molar-refractivity contribution is -0.116. The lowest BCUT2D eigenvalue weighted by Gasteiger charge is -2.33. The zero-order chi connectivity index (χ0) is 23.5. The average Bonchev–Trinajstić information content (AvgIpc) is 3.28. The summed E-state index contributed by atoms with van der Waals surface area (Å²) in [7, 11) is 0. The molecule has 0 fully saturated rings. The van der Waals surface area contributed by atoms with Gasteiger partial charge < -0.3 is 15.5 Å². The molecule has 2 N–H and O–H groups in total. The summed E-state index contributed by atoms with van der Waals surface area (Å²) >= 11 is 1.40. The third kappa shape index (κ3) is 4.49. The van der Waals surface area contributed by atoms with E-state index in [1.54, 1.807) is 0 Å². The van der Waals surface area contributed by atoms with E-state index in [0.717, 1.165) is 28.1 Å². The highest BCUT2D eigenvalue weighted by molar-refractivity contribution is 8.00. The number of nitrogens with one attached hydrogen (secondary N) is 2. The quantitative estimate of drug-likeness (QED) is 0.418. The van der Waals surface area contributed by atoms with Crippen LogP contribution in [0.25, 0.3) is 0 Å². The molecule has 2 heterocycles. The van der Waals surface area contributed by atoms with Crippen LogP contribution in [-0.2, 0) is 11.4 Å². The normalized spacial score (nSPS) is 16.9. The van der Waals surface area contributed by atoms with Crippen LogP contribution in [0.2, 0.25) is 0 Å². The molecule has 8 heteroatoms. The number of aromatic nitrogens is 3. The number of benzene rings is 3. The molecule has 0 saturated heterocycles. The van der Waals surface area contributed by atoms with E-state index in [9.17, 15) is 4.79 Å². The van der Waals surface area contributed by atoms with Crippen molar-refractivity contribution in [3.63, 3.8) is 0 Å². The molecule has 1 aromatic heterocycles. The van der Waals surface area contributed by atoms with Crippen LogP contribution >= 0.6 is 11.8 Å². The molecule has 0 spiro atoms. The first kappa shape index (κ1) is 22.0.